The summed E-state index contributed by atoms with van der Waals surface area (Å²) in [7, 11) is -3.39. The summed E-state index contributed by atoms with van der Waals surface area (Å²) in [4.78, 5) is 12.0. The van der Waals surface area contributed by atoms with E-state index in [9.17, 15) is 13.2 Å². The Morgan fingerprint density at radius 1 is 1.04 bits per heavy atom. The highest BCUT2D eigenvalue weighted by Crippen LogP contribution is 2.19. The molecular formula is C19H24N2O3S. The third kappa shape index (κ3) is 5.90. The van der Waals surface area contributed by atoms with Crippen molar-refractivity contribution in [1.82, 2.24) is 0 Å². The van der Waals surface area contributed by atoms with E-state index in [0.717, 1.165) is 16.8 Å². The summed E-state index contributed by atoms with van der Waals surface area (Å²) in [5, 5.41) is 2.82. The molecule has 0 saturated carbocycles. The van der Waals surface area contributed by atoms with E-state index in [4.69, 9.17) is 0 Å². The number of nitrogens with zero attached hydrogens (tertiary/aromatic N) is 1. The van der Waals surface area contributed by atoms with Crippen LogP contribution in [0.1, 0.15) is 24.0 Å². The van der Waals surface area contributed by atoms with Crippen molar-refractivity contribution in [3.05, 3.63) is 59.7 Å². The van der Waals surface area contributed by atoms with Crippen LogP contribution >= 0.6 is 0 Å². The van der Waals surface area contributed by atoms with Crippen LogP contribution in [0.25, 0.3) is 0 Å². The van der Waals surface area contributed by atoms with Crippen molar-refractivity contribution >= 4 is 27.3 Å². The molecule has 0 atom stereocenters. The Bertz CT molecular complexity index is 830. The molecule has 1 amide bonds. The topological polar surface area (TPSA) is 66.5 Å². The molecule has 6 heteroatoms. The molecule has 2 aromatic carbocycles. The van der Waals surface area contributed by atoms with Gasteiger partial charge in [0.15, 0.2) is 0 Å². The highest BCUT2D eigenvalue weighted by molar-refractivity contribution is 7.92. The standard InChI is InChI=1S/C19H24N2O3S/c1-15-9-11-17(12-10-15)20-19(22)8-5-13-21(25(3,23)24)18-7-4-6-16(2)14-18/h4,6-7,9-12,14H,5,8,13H2,1-3H3,(H,20,22). The van der Waals surface area contributed by atoms with Crippen LogP contribution < -0.4 is 9.62 Å². The van der Waals surface area contributed by atoms with Crippen molar-refractivity contribution < 1.29 is 13.2 Å². The predicted molar refractivity (Wildman–Crippen MR) is 102 cm³/mol. The fourth-order valence-electron chi connectivity index (χ4n) is 2.51. The van der Waals surface area contributed by atoms with Crippen molar-refractivity contribution in [2.24, 2.45) is 0 Å². The zero-order chi connectivity index (χ0) is 18.4. The number of nitrogens with one attached hydrogen (secondary N) is 1. The molecule has 0 heterocycles. The molecular weight excluding hydrogens is 336 g/mol. The van der Waals surface area contributed by atoms with E-state index in [1.807, 2.05) is 56.3 Å². The van der Waals surface area contributed by atoms with Crippen LogP contribution in [0, 0.1) is 13.8 Å². The SMILES string of the molecule is Cc1ccc(NC(=O)CCCN(c2cccc(C)c2)S(C)(=O)=O)cc1. The fourth-order valence-corrected chi connectivity index (χ4v) is 3.47. The van der Waals surface area contributed by atoms with Crippen LogP contribution in [0.4, 0.5) is 11.4 Å². The minimum absolute atomic E-state index is 0.124. The van der Waals surface area contributed by atoms with Crippen molar-refractivity contribution in [3.63, 3.8) is 0 Å². The van der Waals surface area contributed by atoms with Gasteiger partial charge in [-0.25, -0.2) is 8.42 Å². The molecule has 0 radical (unpaired) electrons. The molecule has 2 aromatic rings. The molecule has 0 aliphatic carbocycles. The molecule has 2 rings (SSSR count). The molecule has 0 saturated heterocycles. The van der Waals surface area contributed by atoms with Gasteiger partial charge in [-0.15, -0.1) is 0 Å². The molecule has 0 unspecified atom stereocenters. The van der Waals surface area contributed by atoms with Gasteiger partial charge in [0.1, 0.15) is 0 Å². The van der Waals surface area contributed by atoms with E-state index in [0.29, 0.717) is 12.1 Å². The highest BCUT2D eigenvalue weighted by atomic mass is 32.2. The second-order valence-corrected chi connectivity index (χ2v) is 8.10. The lowest BCUT2D eigenvalue weighted by Crippen LogP contribution is -2.31. The maximum atomic E-state index is 12.1. The summed E-state index contributed by atoms with van der Waals surface area (Å²) in [5.41, 5.74) is 3.49. The Kier molecular flexibility index (Phi) is 6.20. The molecule has 25 heavy (non-hydrogen) atoms. The molecule has 0 fully saturated rings. The number of benzene rings is 2. The van der Waals surface area contributed by atoms with Crippen molar-refractivity contribution in [3.8, 4) is 0 Å². The Labute approximate surface area is 149 Å². The molecule has 134 valence electrons. The molecule has 0 aliphatic heterocycles. The Hall–Kier alpha value is -2.34. The number of sulfonamides is 1. The van der Waals surface area contributed by atoms with Gasteiger partial charge in [0.2, 0.25) is 15.9 Å². The van der Waals surface area contributed by atoms with Gasteiger partial charge in [0.25, 0.3) is 0 Å². The average molecular weight is 360 g/mol. The minimum Gasteiger partial charge on any atom is -0.326 e. The summed E-state index contributed by atoms with van der Waals surface area (Å²) in [6.07, 6.45) is 1.88. The number of rotatable bonds is 7. The monoisotopic (exact) mass is 360 g/mol. The van der Waals surface area contributed by atoms with Crippen LogP contribution in [-0.4, -0.2) is 27.1 Å². The van der Waals surface area contributed by atoms with Crippen LogP contribution in [0.2, 0.25) is 0 Å². The summed E-state index contributed by atoms with van der Waals surface area (Å²) in [5.74, 6) is -0.124. The second-order valence-electron chi connectivity index (χ2n) is 6.19. The zero-order valence-electron chi connectivity index (χ0n) is 14.8. The van der Waals surface area contributed by atoms with Gasteiger partial charge in [0.05, 0.1) is 11.9 Å². The number of hydrogen-bond acceptors (Lipinski definition) is 3. The number of aryl methyl sites for hydroxylation is 2. The Morgan fingerprint density at radius 3 is 2.32 bits per heavy atom. The number of hydrogen-bond donors (Lipinski definition) is 1. The third-order valence-electron chi connectivity index (χ3n) is 3.79. The lowest BCUT2D eigenvalue weighted by Gasteiger charge is -2.22. The summed E-state index contributed by atoms with van der Waals surface area (Å²) < 4.78 is 25.5. The van der Waals surface area contributed by atoms with Crippen LogP contribution in [0.15, 0.2) is 48.5 Å². The van der Waals surface area contributed by atoms with Gasteiger partial charge >= 0.3 is 0 Å². The van der Waals surface area contributed by atoms with Gasteiger partial charge in [-0.3, -0.25) is 9.10 Å². The first-order chi connectivity index (χ1) is 11.8. The summed E-state index contributed by atoms with van der Waals surface area (Å²) in [6.45, 7) is 4.17. The van der Waals surface area contributed by atoms with Crippen LogP contribution in [-0.2, 0) is 14.8 Å². The summed E-state index contributed by atoms with van der Waals surface area (Å²) >= 11 is 0. The van der Waals surface area contributed by atoms with Crippen molar-refractivity contribution in [2.45, 2.75) is 26.7 Å². The van der Waals surface area contributed by atoms with Gasteiger partial charge in [-0.1, -0.05) is 29.8 Å². The number of amides is 1. The Morgan fingerprint density at radius 2 is 1.72 bits per heavy atom. The van der Waals surface area contributed by atoms with Gasteiger partial charge < -0.3 is 5.32 Å². The molecule has 5 nitrogen and oxygen atoms in total. The molecule has 1 N–H and O–H groups in total. The predicted octanol–water partition coefficient (Wildman–Crippen LogP) is 3.49. The van der Waals surface area contributed by atoms with Crippen molar-refractivity contribution in [2.75, 3.05) is 22.4 Å². The van der Waals surface area contributed by atoms with Gasteiger partial charge in [-0.2, -0.15) is 0 Å². The van der Waals surface area contributed by atoms with E-state index in [-0.39, 0.29) is 18.9 Å². The second kappa shape index (κ2) is 8.16. The first-order valence-corrected chi connectivity index (χ1v) is 10.0. The van der Waals surface area contributed by atoms with Gasteiger partial charge in [0, 0.05) is 18.7 Å². The van der Waals surface area contributed by atoms with E-state index >= 15 is 0 Å². The zero-order valence-corrected chi connectivity index (χ0v) is 15.6. The maximum absolute atomic E-state index is 12.1. The molecule has 0 bridgehead atoms. The number of anilines is 2. The molecule has 0 spiro atoms. The fraction of sp³-hybridized carbons (Fsp3) is 0.316. The highest BCUT2D eigenvalue weighted by Gasteiger charge is 2.17. The lowest BCUT2D eigenvalue weighted by atomic mass is 10.2. The summed E-state index contributed by atoms with van der Waals surface area (Å²) in [6, 6.07) is 14.9. The number of carbonyl (C=O) groups is 1. The van der Waals surface area contributed by atoms with Crippen molar-refractivity contribution in [1.29, 1.82) is 0 Å². The number of carbonyl (C=O) groups excluding carboxylic acids is 1. The van der Waals surface area contributed by atoms with Crippen LogP contribution in [0.5, 0.6) is 0 Å². The van der Waals surface area contributed by atoms with E-state index in [2.05, 4.69) is 5.32 Å². The van der Waals surface area contributed by atoms with Crippen LogP contribution in [0.3, 0.4) is 0 Å². The molecule has 0 aromatic heterocycles. The largest absolute Gasteiger partial charge is 0.326 e. The molecule has 0 aliphatic rings. The smallest absolute Gasteiger partial charge is 0.232 e. The van der Waals surface area contributed by atoms with E-state index in [1.54, 1.807) is 6.07 Å². The quantitative estimate of drug-likeness (QED) is 0.822. The normalized spacial score (nSPS) is 11.2. The van der Waals surface area contributed by atoms with Gasteiger partial charge in [-0.05, 0) is 50.1 Å². The first-order valence-electron chi connectivity index (χ1n) is 8.16. The minimum atomic E-state index is -3.39. The Balaban J connectivity index is 1.95. The first kappa shape index (κ1) is 19.0. The third-order valence-corrected chi connectivity index (χ3v) is 4.98. The van der Waals surface area contributed by atoms with E-state index < -0.39 is 10.0 Å². The maximum Gasteiger partial charge on any atom is 0.232 e. The lowest BCUT2D eigenvalue weighted by molar-refractivity contribution is -0.116. The van der Waals surface area contributed by atoms with E-state index in [1.165, 1.54) is 10.6 Å². The average Bonchev–Trinajstić information content (AvgIpc) is 2.52.